The third-order valence-electron chi connectivity index (χ3n) is 2.46. The maximum atomic E-state index is 10.8. The van der Waals surface area contributed by atoms with E-state index in [2.05, 4.69) is 11.8 Å². The third kappa shape index (κ3) is 3.87. The van der Waals surface area contributed by atoms with Gasteiger partial charge in [-0.3, -0.25) is 9.69 Å². The summed E-state index contributed by atoms with van der Waals surface area (Å²) < 4.78 is 5.54. The average Bonchev–Trinajstić information content (AvgIpc) is 2.15. The summed E-state index contributed by atoms with van der Waals surface area (Å²) in [6.45, 7) is 7.47. The first-order valence-electron chi connectivity index (χ1n) is 5.05. The molecule has 1 aliphatic rings. The van der Waals surface area contributed by atoms with E-state index in [-0.39, 0.29) is 5.78 Å². The summed E-state index contributed by atoms with van der Waals surface area (Å²) in [6, 6.07) is 0. The maximum absolute atomic E-state index is 10.8. The molecule has 1 unspecified atom stereocenters. The minimum absolute atomic E-state index is 0.277. The minimum Gasteiger partial charge on any atom is -0.376 e. The van der Waals surface area contributed by atoms with E-state index in [0.29, 0.717) is 12.5 Å². The first-order chi connectivity index (χ1) is 6.22. The molecular formula is C10H19NO2. The number of rotatable bonds is 4. The van der Waals surface area contributed by atoms with Gasteiger partial charge in [-0.05, 0) is 13.3 Å². The van der Waals surface area contributed by atoms with Crippen molar-refractivity contribution < 1.29 is 9.53 Å². The molecule has 0 aliphatic carbocycles. The Labute approximate surface area is 80.1 Å². The highest BCUT2D eigenvalue weighted by Crippen LogP contribution is 2.08. The molecule has 0 spiro atoms. The van der Waals surface area contributed by atoms with Gasteiger partial charge in [-0.25, -0.2) is 0 Å². The van der Waals surface area contributed by atoms with Crippen molar-refractivity contribution in [1.82, 2.24) is 4.90 Å². The SMILES string of the molecule is CCC1CN(CCC(C)=O)CCO1. The van der Waals surface area contributed by atoms with Gasteiger partial charge >= 0.3 is 0 Å². The molecular weight excluding hydrogens is 166 g/mol. The normalized spacial score (nSPS) is 24.6. The molecule has 0 N–H and O–H groups in total. The summed E-state index contributed by atoms with van der Waals surface area (Å²) >= 11 is 0. The number of carbonyl (C=O) groups is 1. The second-order valence-electron chi connectivity index (χ2n) is 3.65. The standard InChI is InChI=1S/C10H19NO2/c1-3-10-8-11(6-7-13-10)5-4-9(2)12/h10H,3-8H2,1-2H3. The molecule has 3 nitrogen and oxygen atoms in total. The lowest BCUT2D eigenvalue weighted by atomic mass is 10.2. The van der Waals surface area contributed by atoms with E-state index in [1.807, 2.05) is 0 Å². The molecule has 3 heteroatoms. The largest absolute Gasteiger partial charge is 0.376 e. The van der Waals surface area contributed by atoms with Crippen molar-refractivity contribution in [2.24, 2.45) is 0 Å². The van der Waals surface area contributed by atoms with Crippen molar-refractivity contribution in [3.05, 3.63) is 0 Å². The molecule has 0 saturated carbocycles. The van der Waals surface area contributed by atoms with E-state index in [4.69, 9.17) is 4.74 Å². The van der Waals surface area contributed by atoms with Crippen LogP contribution in [0.25, 0.3) is 0 Å². The number of hydrogen-bond acceptors (Lipinski definition) is 3. The van der Waals surface area contributed by atoms with Crippen LogP contribution < -0.4 is 0 Å². The fourth-order valence-electron chi connectivity index (χ4n) is 1.55. The van der Waals surface area contributed by atoms with Gasteiger partial charge < -0.3 is 4.74 Å². The second kappa shape index (κ2) is 5.35. The summed E-state index contributed by atoms with van der Waals surface area (Å²) in [5, 5.41) is 0. The molecule has 0 aromatic heterocycles. The topological polar surface area (TPSA) is 29.5 Å². The van der Waals surface area contributed by atoms with Gasteiger partial charge in [0, 0.05) is 26.1 Å². The number of ether oxygens (including phenoxy) is 1. The fourth-order valence-corrected chi connectivity index (χ4v) is 1.55. The van der Waals surface area contributed by atoms with Crippen LogP contribution in [0, 0.1) is 0 Å². The van der Waals surface area contributed by atoms with Gasteiger partial charge in [0.25, 0.3) is 0 Å². The zero-order valence-corrected chi connectivity index (χ0v) is 8.58. The molecule has 0 aromatic rings. The van der Waals surface area contributed by atoms with Crippen LogP contribution in [0.3, 0.4) is 0 Å². The van der Waals surface area contributed by atoms with Gasteiger partial charge in [0.2, 0.25) is 0 Å². The number of morpholine rings is 1. The average molecular weight is 185 g/mol. The Kier molecular flexibility index (Phi) is 4.39. The van der Waals surface area contributed by atoms with Crippen LogP contribution in [0.5, 0.6) is 0 Å². The van der Waals surface area contributed by atoms with Crippen LogP contribution in [0.1, 0.15) is 26.7 Å². The lowest BCUT2D eigenvalue weighted by Crippen LogP contribution is -2.42. The Balaban J connectivity index is 2.21. The van der Waals surface area contributed by atoms with Crippen LogP contribution in [0.2, 0.25) is 0 Å². The van der Waals surface area contributed by atoms with Crippen molar-refractivity contribution in [2.45, 2.75) is 32.8 Å². The smallest absolute Gasteiger partial charge is 0.131 e. The van der Waals surface area contributed by atoms with E-state index in [9.17, 15) is 4.79 Å². The Bertz CT molecular complexity index is 170. The summed E-state index contributed by atoms with van der Waals surface area (Å²) in [4.78, 5) is 13.1. The van der Waals surface area contributed by atoms with Crippen molar-refractivity contribution in [3.63, 3.8) is 0 Å². The lowest BCUT2D eigenvalue weighted by molar-refractivity contribution is -0.117. The van der Waals surface area contributed by atoms with Gasteiger partial charge in [0.1, 0.15) is 5.78 Å². The Morgan fingerprint density at radius 2 is 2.38 bits per heavy atom. The molecule has 0 radical (unpaired) electrons. The van der Waals surface area contributed by atoms with E-state index >= 15 is 0 Å². The van der Waals surface area contributed by atoms with Crippen molar-refractivity contribution >= 4 is 5.78 Å². The highest BCUT2D eigenvalue weighted by atomic mass is 16.5. The summed E-state index contributed by atoms with van der Waals surface area (Å²) in [6.07, 6.45) is 2.12. The maximum Gasteiger partial charge on any atom is 0.131 e. The molecule has 0 bridgehead atoms. The zero-order chi connectivity index (χ0) is 9.68. The molecule has 1 atom stereocenters. The Morgan fingerprint density at radius 1 is 1.62 bits per heavy atom. The number of carbonyl (C=O) groups excluding carboxylic acids is 1. The monoisotopic (exact) mass is 185 g/mol. The minimum atomic E-state index is 0.277. The van der Waals surface area contributed by atoms with Gasteiger partial charge in [-0.2, -0.15) is 0 Å². The van der Waals surface area contributed by atoms with E-state index in [1.54, 1.807) is 6.92 Å². The molecule has 0 amide bonds. The van der Waals surface area contributed by atoms with E-state index in [0.717, 1.165) is 32.7 Å². The number of ketones is 1. The Hall–Kier alpha value is -0.410. The van der Waals surface area contributed by atoms with E-state index < -0.39 is 0 Å². The predicted octanol–water partition coefficient (Wildman–Crippen LogP) is 1.08. The van der Waals surface area contributed by atoms with Crippen LogP contribution in [0.15, 0.2) is 0 Å². The number of nitrogens with zero attached hydrogens (tertiary/aromatic N) is 1. The number of hydrogen-bond donors (Lipinski definition) is 0. The van der Waals surface area contributed by atoms with Crippen molar-refractivity contribution in [2.75, 3.05) is 26.2 Å². The van der Waals surface area contributed by atoms with E-state index in [1.165, 1.54) is 0 Å². The molecule has 76 valence electrons. The summed E-state index contributed by atoms with van der Waals surface area (Å²) in [7, 11) is 0. The van der Waals surface area contributed by atoms with Gasteiger partial charge in [0.15, 0.2) is 0 Å². The molecule has 0 aromatic carbocycles. The molecule has 13 heavy (non-hydrogen) atoms. The van der Waals surface area contributed by atoms with Gasteiger partial charge in [0.05, 0.1) is 12.7 Å². The van der Waals surface area contributed by atoms with Crippen LogP contribution in [-0.2, 0) is 9.53 Å². The molecule has 1 heterocycles. The first-order valence-corrected chi connectivity index (χ1v) is 5.05. The highest BCUT2D eigenvalue weighted by molar-refractivity contribution is 5.75. The second-order valence-corrected chi connectivity index (χ2v) is 3.65. The van der Waals surface area contributed by atoms with Crippen LogP contribution in [-0.4, -0.2) is 43.0 Å². The van der Waals surface area contributed by atoms with Crippen LogP contribution >= 0.6 is 0 Å². The Morgan fingerprint density at radius 3 is 3.00 bits per heavy atom. The molecule has 1 aliphatic heterocycles. The first kappa shape index (κ1) is 10.7. The fraction of sp³-hybridized carbons (Fsp3) is 0.900. The van der Waals surface area contributed by atoms with Crippen molar-refractivity contribution in [3.8, 4) is 0 Å². The third-order valence-corrected chi connectivity index (χ3v) is 2.46. The summed E-state index contributed by atoms with van der Waals surface area (Å²) in [5.74, 6) is 0.277. The zero-order valence-electron chi connectivity index (χ0n) is 8.58. The number of Topliss-reactive ketones (excluding diaryl/α,β-unsaturated/α-hetero) is 1. The van der Waals surface area contributed by atoms with Crippen molar-refractivity contribution in [1.29, 1.82) is 0 Å². The lowest BCUT2D eigenvalue weighted by Gasteiger charge is -2.32. The summed E-state index contributed by atoms with van der Waals surface area (Å²) in [5.41, 5.74) is 0. The predicted molar refractivity (Wildman–Crippen MR) is 51.8 cm³/mol. The van der Waals surface area contributed by atoms with Gasteiger partial charge in [-0.15, -0.1) is 0 Å². The quantitative estimate of drug-likeness (QED) is 0.656. The molecule has 1 saturated heterocycles. The highest BCUT2D eigenvalue weighted by Gasteiger charge is 2.18. The molecule has 1 fully saturated rings. The van der Waals surface area contributed by atoms with Crippen LogP contribution in [0.4, 0.5) is 0 Å². The van der Waals surface area contributed by atoms with Gasteiger partial charge in [-0.1, -0.05) is 6.92 Å². The molecule has 1 rings (SSSR count).